The molecule has 2 rings (SSSR count). The van der Waals surface area contributed by atoms with Crippen LogP contribution in [0.2, 0.25) is 0 Å². The summed E-state index contributed by atoms with van der Waals surface area (Å²) in [5.41, 5.74) is 2.84. The molecule has 0 bridgehead atoms. The number of benzene rings is 2. The van der Waals surface area contributed by atoms with Crippen LogP contribution >= 0.6 is 0 Å². The SMILES string of the molecule is Cc1cccc(CC(CCN(C)C)c2ccccc2)c1F. The Balaban J connectivity index is 2.21. The van der Waals surface area contributed by atoms with E-state index in [2.05, 4.69) is 43.3 Å². The first-order valence-corrected chi connectivity index (χ1v) is 7.51. The molecule has 0 aliphatic carbocycles. The Labute approximate surface area is 127 Å². The van der Waals surface area contributed by atoms with E-state index >= 15 is 0 Å². The molecule has 2 aromatic carbocycles. The van der Waals surface area contributed by atoms with Gasteiger partial charge in [0, 0.05) is 0 Å². The maximum absolute atomic E-state index is 14.3. The maximum Gasteiger partial charge on any atom is 0.129 e. The molecule has 21 heavy (non-hydrogen) atoms. The van der Waals surface area contributed by atoms with Gasteiger partial charge in [-0.25, -0.2) is 4.39 Å². The standard InChI is InChI=1S/C19H24FN/c1-15-8-7-11-18(19(15)20)14-17(12-13-21(2)3)16-9-5-4-6-10-16/h4-11,17H,12-14H2,1-3H3. The highest BCUT2D eigenvalue weighted by Gasteiger charge is 2.15. The van der Waals surface area contributed by atoms with E-state index in [0.717, 1.165) is 30.5 Å². The van der Waals surface area contributed by atoms with E-state index in [1.807, 2.05) is 31.2 Å². The van der Waals surface area contributed by atoms with Crippen LogP contribution in [-0.2, 0) is 6.42 Å². The topological polar surface area (TPSA) is 3.24 Å². The van der Waals surface area contributed by atoms with E-state index in [9.17, 15) is 4.39 Å². The zero-order chi connectivity index (χ0) is 15.2. The molecule has 0 amide bonds. The number of hydrogen-bond acceptors (Lipinski definition) is 1. The highest BCUT2D eigenvalue weighted by atomic mass is 19.1. The molecule has 0 saturated heterocycles. The third-order valence-electron chi connectivity index (χ3n) is 3.93. The van der Waals surface area contributed by atoms with Crippen molar-refractivity contribution in [3.63, 3.8) is 0 Å². The lowest BCUT2D eigenvalue weighted by Gasteiger charge is -2.20. The molecule has 0 aromatic heterocycles. The van der Waals surface area contributed by atoms with Crippen molar-refractivity contribution in [2.75, 3.05) is 20.6 Å². The fourth-order valence-corrected chi connectivity index (χ4v) is 2.66. The van der Waals surface area contributed by atoms with Crippen molar-refractivity contribution in [1.82, 2.24) is 4.90 Å². The third-order valence-corrected chi connectivity index (χ3v) is 3.93. The van der Waals surface area contributed by atoms with Crippen LogP contribution in [0.5, 0.6) is 0 Å². The lowest BCUT2D eigenvalue weighted by molar-refractivity contribution is 0.378. The van der Waals surface area contributed by atoms with Gasteiger partial charge in [-0.05, 0) is 63.0 Å². The van der Waals surface area contributed by atoms with Gasteiger partial charge in [0.2, 0.25) is 0 Å². The average Bonchev–Trinajstić information content (AvgIpc) is 2.48. The summed E-state index contributed by atoms with van der Waals surface area (Å²) in [4.78, 5) is 2.18. The van der Waals surface area contributed by atoms with E-state index in [4.69, 9.17) is 0 Å². The number of aryl methyl sites for hydroxylation is 1. The van der Waals surface area contributed by atoms with Crippen LogP contribution in [0.15, 0.2) is 48.5 Å². The average molecular weight is 285 g/mol. The van der Waals surface area contributed by atoms with Crippen LogP contribution < -0.4 is 0 Å². The van der Waals surface area contributed by atoms with Gasteiger partial charge < -0.3 is 4.90 Å². The van der Waals surface area contributed by atoms with Gasteiger partial charge in [0.05, 0.1) is 0 Å². The quantitative estimate of drug-likeness (QED) is 0.760. The van der Waals surface area contributed by atoms with Crippen LogP contribution in [0.1, 0.15) is 29.0 Å². The first-order valence-electron chi connectivity index (χ1n) is 7.51. The Morgan fingerprint density at radius 2 is 1.71 bits per heavy atom. The smallest absolute Gasteiger partial charge is 0.129 e. The molecule has 1 nitrogen and oxygen atoms in total. The Morgan fingerprint density at radius 3 is 2.38 bits per heavy atom. The van der Waals surface area contributed by atoms with Gasteiger partial charge in [-0.3, -0.25) is 0 Å². The molecule has 0 saturated carbocycles. The third kappa shape index (κ3) is 4.40. The second-order valence-corrected chi connectivity index (χ2v) is 5.95. The molecule has 2 heteroatoms. The second-order valence-electron chi connectivity index (χ2n) is 5.95. The van der Waals surface area contributed by atoms with E-state index in [0.29, 0.717) is 5.92 Å². The summed E-state index contributed by atoms with van der Waals surface area (Å²) in [6, 6.07) is 16.1. The summed E-state index contributed by atoms with van der Waals surface area (Å²) < 4.78 is 14.3. The summed E-state index contributed by atoms with van der Waals surface area (Å²) >= 11 is 0. The molecule has 0 fully saturated rings. The fourth-order valence-electron chi connectivity index (χ4n) is 2.66. The zero-order valence-electron chi connectivity index (χ0n) is 13.1. The van der Waals surface area contributed by atoms with Gasteiger partial charge in [-0.1, -0.05) is 48.5 Å². The summed E-state index contributed by atoms with van der Waals surface area (Å²) in [6.45, 7) is 2.84. The zero-order valence-corrected chi connectivity index (χ0v) is 13.1. The van der Waals surface area contributed by atoms with Gasteiger partial charge in [-0.2, -0.15) is 0 Å². The van der Waals surface area contributed by atoms with Crippen molar-refractivity contribution in [2.45, 2.75) is 25.7 Å². The Bertz CT molecular complexity index is 563. The molecular formula is C19H24FN. The van der Waals surface area contributed by atoms with Crippen molar-refractivity contribution in [3.05, 3.63) is 71.0 Å². The molecule has 0 aliphatic heterocycles. The Morgan fingerprint density at radius 1 is 1.00 bits per heavy atom. The maximum atomic E-state index is 14.3. The van der Waals surface area contributed by atoms with Crippen molar-refractivity contribution < 1.29 is 4.39 Å². The minimum atomic E-state index is -0.0525. The number of nitrogens with zero attached hydrogens (tertiary/aromatic N) is 1. The van der Waals surface area contributed by atoms with Gasteiger partial charge in [0.15, 0.2) is 0 Å². The summed E-state index contributed by atoms with van der Waals surface area (Å²) in [7, 11) is 4.16. The molecule has 0 radical (unpaired) electrons. The van der Waals surface area contributed by atoms with E-state index in [1.165, 1.54) is 5.56 Å². The highest BCUT2D eigenvalue weighted by molar-refractivity contribution is 5.28. The van der Waals surface area contributed by atoms with Gasteiger partial charge in [0.25, 0.3) is 0 Å². The number of rotatable bonds is 6. The monoisotopic (exact) mass is 285 g/mol. The highest BCUT2D eigenvalue weighted by Crippen LogP contribution is 2.26. The molecule has 1 unspecified atom stereocenters. The molecule has 0 heterocycles. The lowest BCUT2D eigenvalue weighted by atomic mass is 9.88. The summed E-state index contributed by atoms with van der Waals surface area (Å²) in [5.74, 6) is 0.299. The molecule has 1 atom stereocenters. The predicted molar refractivity (Wildman–Crippen MR) is 87.2 cm³/mol. The molecule has 0 aliphatic rings. The Kier molecular flexibility index (Phi) is 5.51. The van der Waals surface area contributed by atoms with Crippen LogP contribution in [0.3, 0.4) is 0 Å². The van der Waals surface area contributed by atoms with Crippen molar-refractivity contribution in [1.29, 1.82) is 0 Å². The van der Waals surface area contributed by atoms with Crippen molar-refractivity contribution >= 4 is 0 Å². The van der Waals surface area contributed by atoms with E-state index < -0.39 is 0 Å². The van der Waals surface area contributed by atoms with E-state index in [1.54, 1.807) is 0 Å². The molecule has 0 N–H and O–H groups in total. The molecule has 2 aromatic rings. The van der Waals surface area contributed by atoms with Crippen LogP contribution in [0.4, 0.5) is 4.39 Å². The normalized spacial score (nSPS) is 12.6. The van der Waals surface area contributed by atoms with Crippen molar-refractivity contribution in [2.24, 2.45) is 0 Å². The Hall–Kier alpha value is -1.67. The number of hydrogen-bond donors (Lipinski definition) is 0. The van der Waals surface area contributed by atoms with Crippen molar-refractivity contribution in [3.8, 4) is 0 Å². The second kappa shape index (κ2) is 7.37. The van der Waals surface area contributed by atoms with E-state index in [-0.39, 0.29) is 5.82 Å². The minimum absolute atomic E-state index is 0.0525. The van der Waals surface area contributed by atoms with Crippen LogP contribution in [0, 0.1) is 12.7 Å². The predicted octanol–water partition coefficient (Wildman–Crippen LogP) is 4.41. The lowest BCUT2D eigenvalue weighted by Crippen LogP contribution is -2.17. The molecular weight excluding hydrogens is 261 g/mol. The molecule has 112 valence electrons. The summed E-state index contributed by atoms with van der Waals surface area (Å²) in [5, 5.41) is 0. The first kappa shape index (κ1) is 15.7. The van der Waals surface area contributed by atoms with Gasteiger partial charge in [0.1, 0.15) is 5.82 Å². The molecule has 0 spiro atoms. The summed E-state index contributed by atoms with van der Waals surface area (Å²) in [6.07, 6.45) is 1.79. The van der Waals surface area contributed by atoms with Gasteiger partial charge >= 0.3 is 0 Å². The fraction of sp³-hybridized carbons (Fsp3) is 0.368. The van der Waals surface area contributed by atoms with Crippen LogP contribution in [0.25, 0.3) is 0 Å². The van der Waals surface area contributed by atoms with Crippen LogP contribution in [-0.4, -0.2) is 25.5 Å². The minimum Gasteiger partial charge on any atom is -0.309 e. The largest absolute Gasteiger partial charge is 0.309 e. The van der Waals surface area contributed by atoms with Gasteiger partial charge in [-0.15, -0.1) is 0 Å². The first-order chi connectivity index (χ1) is 10.1. The number of halogens is 1.